The lowest BCUT2D eigenvalue weighted by Gasteiger charge is -2.32. The molecule has 31 heavy (non-hydrogen) atoms. The maximum absolute atomic E-state index is 12.9. The van der Waals surface area contributed by atoms with Crippen molar-refractivity contribution in [1.29, 1.82) is 0 Å². The fraction of sp³-hybridized carbons (Fsp3) is 0.250. The molecule has 0 radical (unpaired) electrons. The average Bonchev–Trinajstić information content (AvgIpc) is 2.85. The van der Waals surface area contributed by atoms with Gasteiger partial charge >= 0.3 is 0 Å². The molecule has 2 heterocycles. The van der Waals surface area contributed by atoms with Crippen molar-refractivity contribution >= 4 is 11.8 Å². The molecule has 7 heteroatoms. The lowest BCUT2D eigenvalue weighted by molar-refractivity contribution is 0.0698. The van der Waals surface area contributed by atoms with E-state index < -0.39 is 0 Å². The number of amides is 2. The van der Waals surface area contributed by atoms with Crippen LogP contribution in [0.15, 0.2) is 67.3 Å². The number of carbonyl (C=O) groups is 2. The number of hydrogen-bond donors (Lipinski definition) is 1. The van der Waals surface area contributed by atoms with E-state index in [1.807, 2.05) is 29.2 Å². The molecule has 0 saturated carbocycles. The lowest BCUT2D eigenvalue weighted by Crippen LogP contribution is -2.46. The molecule has 1 fully saturated rings. The van der Waals surface area contributed by atoms with Gasteiger partial charge in [0.25, 0.3) is 11.8 Å². The minimum atomic E-state index is -0.121. The molecule has 1 saturated heterocycles. The van der Waals surface area contributed by atoms with Crippen molar-refractivity contribution in [1.82, 2.24) is 20.2 Å². The third-order valence-corrected chi connectivity index (χ3v) is 5.48. The van der Waals surface area contributed by atoms with E-state index in [0.717, 1.165) is 24.0 Å². The van der Waals surface area contributed by atoms with Crippen molar-refractivity contribution in [3.05, 3.63) is 78.4 Å². The molecule has 4 rings (SSSR count). The molecular formula is C24H24N4O3. The van der Waals surface area contributed by atoms with Crippen LogP contribution in [0.25, 0.3) is 11.1 Å². The van der Waals surface area contributed by atoms with Gasteiger partial charge in [0.15, 0.2) is 0 Å². The predicted octanol–water partition coefficient (Wildman–Crippen LogP) is 3.19. The molecular weight excluding hydrogens is 392 g/mol. The van der Waals surface area contributed by atoms with Gasteiger partial charge in [-0.25, -0.2) is 9.97 Å². The Morgan fingerprint density at radius 3 is 2.35 bits per heavy atom. The zero-order valence-corrected chi connectivity index (χ0v) is 17.3. The highest BCUT2D eigenvalue weighted by Gasteiger charge is 2.25. The van der Waals surface area contributed by atoms with Gasteiger partial charge in [-0.1, -0.05) is 18.2 Å². The van der Waals surface area contributed by atoms with Crippen LogP contribution < -0.4 is 10.1 Å². The van der Waals surface area contributed by atoms with Crippen molar-refractivity contribution in [3.63, 3.8) is 0 Å². The smallest absolute Gasteiger partial charge is 0.253 e. The first-order valence-corrected chi connectivity index (χ1v) is 10.2. The Hall–Kier alpha value is -3.74. The zero-order chi connectivity index (χ0) is 21.6. The molecule has 2 aromatic carbocycles. The van der Waals surface area contributed by atoms with Gasteiger partial charge in [0, 0.05) is 48.2 Å². The number of nitrogens with one attached hydrogen (secondary N) is 1. The van der Waals surface area contributed by atoms with Crippen molar-refractivity contribution in [2.24, 2.45) is 0 Å². The SMILES string of the molecule is COc1cccc(C(=O)NC2CCN(C(=O)c3ccc(-c4cncnc4)cc3)CC2)c1. The number of rotatable bonds is 5. The first kappa shape index (κ1) is 20.5. The number of carbonyl (C=O) groups excluding carboxylic acids is 2. The van der Waals surface area contributed by atoms with Crippen LogP contribution >= 0.6 is 0 Å². The largest absolute Gasteiger partial charge is 0.497 e. The highest BCUT2D eigenvalue weighted by atomic mass is 16.5. The maximum Gasteiger partial charge on any atom is 0.253 e. The molecule has 1 aliphatic heterocycles. The van der Waals surface area contributed by atoms with Crippen LogP contribution in [0.5, 0.6) is 5.75 Å². The van der Waals surface area contributed by atoms with Crippen LogP contribution in [0.3, 0.4) is 0 Å². The van der Waals surface area contributed by atoms with E-state index in [-0.39, 0.29) is 17.9 Å². The van der Waals surface area contributed by atoms with Gasteiger partial charge in [-0.3, -0.25) is 9.59 Å². The predicted molar refractivity (Wildman–Crippen MR) is 117 cm³/mol. The fourth-order valence-electron chi connectivity index (χ4n) is 3.70. The Morgan fingerprint density at radius 2 is 1.68 bits per heavy atom. The number of likely N-dealkylation sites (tertiary alicyclic amines) is 1. The Kier molecular flexibility index (Phi) is 6.21. The summed E-state index contributed by atoms with van der Waals surface area (Å²) >= 11 is 0. The summed E-state index contributed by atoms with van der Waals surface area (Å²) in [5.41, 5.74) is 3.10. The van der Waals surface area contributed by atoms with Crippen molar-refractivity contribution < 1.29 is 14.3 Å². The lowest BCUT2D eigenvalue weighted by atomic mass is 10.0. The van der Waals surface area contributed by atoms with Gasteiger partial charge in [0.2, 0.25) is 0 Å². The van der Waals surface area contributed by atoms with Crippen LogP contribution in [-0.2, 0) is 0 Å². The van der Waals surface area contributed by atoms with Crippen LogP contribution in [-0.4, -0.2) is 52.9 Å². The standard InChI is InChI=1S/C24H24N4O3/c1-31-22-4-2-3-19(13-22)23(29)27-21-9-11-28(12-10-21)24(30)18-7-5-17(6-8-18)20-14-25-16-26-15-20/h2-8,13-16,21H,9-12H2,1H3,(H,27,29). The fourth-order valence-corrected chi connectivity index (χ4v) is 3.70. The summed E-state index contributed by atoms with van der Waals surface area (Å²) < 4.78 is 5.18. The summed E-state index contributed by atoms with van der Waals surface area (Å²) in [6.45, 7) is 1.21. The van der Waals surface area contributed by atoms with Crippen molar-refractivity contribution in [2.45, 2.75) is 18.9 Å². The van der Waals surface area contributed by atoms with Gasteiger partial charge in [-0.15, -0.1) is 0 Å². The van der Waals surface area contributed by atoms with E-state index in [4.69, 9.17) is 4.74 Å². The van der Waals surface area contributed by atoms with Crippen LogP contribution in [0.1, 0.15) is 33.6 Å². The summed E-state index contributed by atoms with van der Waals surface area (Å²) in [6.07, 6.45) is 6.43. The van der Waals surface area contributed by atoms with Gasteiger partial charge in [-0.2, -0.15) is 0 Å². The summed E-state index contributed by atoms with van der Waals surface area (Å²) in [7, 11) is 1.58. The van der Waals surface area contributed by atoms with E-state index in [0.29, 0.717) is 30.0 Å². The number of methoxy groups -OCH3 is 1. The normalized spacial score (nSPS) is 14.2. The Morgan fingerprint density at radius 1 is 0.968 bits per heavy atom. The molecule has 0 aliphatic carbocycles. The minimum Gasteiger partial charge on any atom is -0.497 e. The third kappa shape index (κ3) is 4.88. The number of hydrogen-bond acceptors (Lipinski definition) is 5. The van der Waals surface area contributed by atoms with Crippen LogP contribution in [0, 0.1) is 0 Å². The first-order chi connectivity index (χ1) is 15.1. The summed E-state index contributed by atoms with van der Waals surface area (Å²) in [6, 6.07) is 14.6. The number of piperidine rings is 1. The number of benzene rings is 2. The molecule has 158 valence electrons. The van der Waals surface area contributed by atoms with E-state index >= 15 is 0 Å². The quantitative estimate of drug-likeness (QED) is 0.691. The van der Waals surface area contributed by atoms with Crippen molar-refractivity contribution in [2.75, 3.05) is 20.2 Å². The van der Waals surface area contributed by atoms with Crippen LogP contribution in [0.2, 0.25) is 0 Å². The monoisotopic (exact) mass is 416 g/mol. The average molecular weight is 416 g/mol. The van der Waals surface area contributed by atoms with Crippen molar-refractivity contribution in [3.8, 4) is 16.9 Å². The molecule has 0 spiro atoms. The summed E-state index contributed by atoms with van der Waals surface area (Å²) in [5.74, 6) is 0.538. The summed E-state index contributed by atoms with van der Waals surface area (Å²) in [4.78, 5) is 35.3. The number of nitrogens with zero attached hydrogens (tertiary/aromatic N) is 3. The van der Waals surface area contributed by atoms with Gasteiger partial charge in [0.05, 0.1) is 7.11 Å². The van der Waals surface area contributed by atoms with Gasteiger partial charge in [-0.05, 0) is 48.7 Å². The van der Waals surface area contributed by atoms with Crippen LogP contribution in [0.4, 0.5) is 0 Å². The highest BCUT2D eigenvalue weighted by Crippen LogP contribution is 2.20. The number of ether oxygens (including phenoxy) is 1. The molecule has 1 aromatic heterocycles. The van der Waals surface area contributed by atoms with Gasteiger partial charge in [0.1, 0.15) is 12.1 Å². The molecule has 0 atom stereocenters. The zero-order valence-electron chi connectivity index (χ0n) is 17.3. The van der Waals surface area contributed by atoms with E-state index in [9.17, 15) is 9.59 Å². The second-order valence-electron chi connectivity index (χ2n) is 7.48. The minimum absolute atomic E-state index is 0.00781. The second-order valence-corrected chi connectivity index (χ2v) is 7.48. The Balaban J connectivity index is 1.32. The topological polar surface area (TPSA) is 84.4 Å². The van der Waals surface area contributed by atoms with E-state index in [2.05, 4.69) is 15.3 Å². The molecule has 1 N–H and O–H groups in total. The molecule has 1 aliphatic rings. The number of aromatic nitrogens is 2. The van der Waals surface area contributed by atoms with E-state index in [1.165, 1.54) is 6.33 Å². The molecule has 2 amide bonds. The third-order valence-electron chi connectivity index (χ3n) is 5.48. The Bertz CT molecular complexity index is 1050. The molecule has 3 aromatic rings. The van der Waals surface area contributed by atoms with Gasteiger partial charge < -0.3 is 15.0 Å². The second kappa shape index (κ2) is 9.38. The summed E-state index contributed by atoms with van der Waals surface area (Å²) in [5, 5.41) is 3.07. The highest BCUT2D eigenvalue weighted by molar-refractivity contribution is 5.95. The maximum atomic E-state index is 12.9. The first-order valence-electron chi connectivity index (χ1n) is 10.2. The molecule has 0 bridgehead atoms. The van der Waals surface area contributed by atoms with E-state index in [1.54, 1.807) is 43.8 Å². The molecule has 7 nitrogen and oxygen atoms in total. The molecule has 0 unspecified atom stereocenters. The Labute approximate surface area is 181 Å².